The highest BCUT2D eigenvalue weighted by Crippen LogP contribution is 2.20. The van der Waals surface area contributed by atoms with Gasteiger partial charge in [0.2, 0.25) is 6.33 Å². The van der Waals surface area contributed by atoms with Crippen LogP contribution in [0.25, 0.3) is 10.8 Å². The Balaban J connectivity index is 0.00000176. The second-order valence-corrected chi connectivity index (χ2v) is 5.92. The summed E-state index contributed by atoms with van der Waals surface area (Å²) < 4.78 is 3.98. The van der Waals surface area contributed by atoms with E-state index in [1.54, 1.807) is 0 Å². The Morgan fingerprint density at radius 3 is 2.50 bits per heavy atom. The van der Waals surface area contributed by atoms with Gasteiger partial charge in [0.05, 0.1) is 6.54 Å². The second-order valence-electron chi connectivity index (χ2n) is 5.20. The normalized spacial score (nSPS) is 10.7. The summed E-state index contributed by atoms with van der Waals surface area (Å²) in [4.78, 5) is 0. The first kappa shape index (κ1) is 17.3. The number of hydrogen-bond acceptors (Lipinski definition) is 0. The van der Waals surface area contributed by atoms with Crippen molar-refractivity contribution < 1.29 is 21.5 Å². The molecule has 0 aliphatic heterocycles. The average Bonchev–Trinajstić information content (AvgIpc) is 2.76. The van der Waals surface area contributed by atoms with E-state index in [9.17, 15) is 0 Å². The fourth-order valence-corrected chi connectivity index (χ4v) is 3.00. The molecule has 0 bridgehead atoms. The molecule has 0 saturated carbocycles. The lowest BCUT2D eigenvalue weighted by atomic mass is 10.1. The zero-order chi connectivity index (χ0) is 14.8. The van der Waals surface area contributed by atoms with Crippen LogP contribution in [0.3, 0.4) is 0 Å². The Morgan fingerprint density at radius 1 is 1.05 bits per heavy atom. The van der Waals surface area contributed by atoms with E-state index in [1.807, 2.05) is 15.5 Å². The fourth-order valence-electron chi connectivity index (χ4n) is 2.55. The first-order valence-corrected chi connectivity index (χ1v) is 7.86. The van der Waals surface area contributed by atoms with Gasteiger partial charge in [0.25, 0.3) is 10.3 Å². The molecule has 2 nitrogen and oxygen atoms in total. The molecule has 3 rings (SSSR count). The van der Waals surface area contributed by atoms with Crippen molar-refractivity contribution in [3.8, 4) is 0 Å². The highest BCUT2D eigenvalue weighted by atomic mass is 79.9. The fraction of sp³-hybridized carbons (Fsp3) is 0.235. The lowest BCUT2D eigenvalue weighted by molar-refractivity contribution is -0.685. The van der Waals surface area contributed by atoms with Crippen molar-refractivity contribution in [3.05, 3.63) is 64.7 Å². The van der Waals surface area contributed by atoms with Crippen molar-refractivity contribution >= 4 is 34.0 Å². The Bertz CT molecular complexity index is 783. The molecule has 3 aromatic rings. The van der Waals surface area contributed by atoms with E-state index >= 15 is 0 Å². The molecule has 0 N–H and O–H groups in total. The minimum absolute atomic E-state index is 0. The molecule has 116 valence electrons. The molecular formula is C17H17BrCl2N2. The van der Waals surface area contributed by atoms with Gasteiger partial charge in [-0.1, -0.05) is 43.3 Å². The van der Waals surface area contributed by atoms with Gasteiger partial charge >= 0.3 is 0 Å². The largest absolute Gasteiger partial charge is 1.00 e. The summed E-state index contributed by atoms with van der Waals surface area (Å²) in [6.07, 6.45) is 3.02. The SMILES string of the molecule is CCCn1c[n+](Cc2ccc3ccccc3c2)c(Cl)c1Cl.[Br-]. The zero-order valence-corrected chi connectivity index (χ0v) is 15.4. The Morgan fingerprint density at radius 2 is 1.77 bits per heavy atom. The number of fused-ring (bicyclic) bond motifs is 1. The number of imidazole rings is 1. The quantitative estimate of drug-likeness (QED) is 0.590. The molecule has 0 unspecified atom stereocenters. The summed E-state index contributed by atoms with van der Waals surface area (Å²) in [7, 11) is 0. The van der Waals surface area contributed by atoms with Gasteiger partial charge in [0, 0.05) is 0 Å². The Kier molecular flexibility index (Phi) is 5.90. The molecule has 0 aliphatic rings. The molecule has 0 saturated heterocycles. The van der Waals surface area contributed by atoms with Crippen molar-refractivity contribution in [1.82, 2.24) is 4.57 Å². The van der Waals surface area contributed by atoms with E-state index in [0.717, 1.165) is 19.5 Å². The van der Waals surface area contributed by atoms with Gasteiger partial charge < -0.3 is 17.0 Å². The third kappa shape index (κ3) is 3.48. The van der Waals surface area contributed by atoms with Crippen LogP contribution in [-0.2, 0) is 13.1 Å². The van der Waals surface area contributed by atoms with Gasteiger partial charge in [0.1, 0.15) is 6.54 Å². The van der Waals surface area contributed by atoms with Crippen LogP contribution in [0.5, 0.6) is 0 Å². The summed E-state index contributed by atoms with van der Waals surface area (Å²) in [6.45, 7) is 3.72. The third-order valence-corrected chi connectivity index (χ3v) is 4.47. The summed E-state index contributed by atoms with van der Waals surface area (Å²) in [5.41, 5.74) is 1.21. The molecule has 5 heteroatoms. The van der Waals surface area contributed by atoms with Crippen LogP contribution in [0.1, 0.15) is 18.9 Å². The van der Waals surface area contributed by atoms with Crippen molar-refractivity contribution in [2.45, 2.75) is 26.4 Å². The molecule has 0 radical (unpaired) electrons. The maximum absolute atomic E-state index is 6.33. The maximum atomic E-state index is 6.33. The third-order valence-electron chi connectivity index (χ3n) is 3.58. The highest BCUT2D eigenvalue weighted by Gasteiger charge is 2.19. The molecule has 1 aromatic heterocycles. The van der Waals surface area contributed by atoms with Gasteiger partial charge in [-0.15, -0.1) is 0 Å². The second kappa shape index (κ2) is 7.49. The maximum Gasteiger partial charge on any atom is 0.255 e. The smallest absolute Gasteiger partial charge is 0.255 e. The summed E-state index contributed by atoms with van der Waals surface area (Å²) in [5, 5.41) is 3.70. The number of benzene rings is 2. The zero-order valence-electron chi connectivity index (χ0n) is 12.3. The Labute approximate surface area is 151 Å². The molecule has 0 atom stereocenters. The number of nitrogens with zero attached hydrogens (tertiary/aromatic N) is 2. The molecule has 1 heterocycles. The molecule has 22 heavy (non-hydrogen) atoms. The van der Waals surface area contributed by atoms with Crippen molar-refractivity contribution in [2.24, 2.45) is 0 Å². The minimum Gasteiger partial charge on any atom is -1.00 e. The number of hydrogen-bond donors (Lipinski definition) is 0. The number of rotatable bonds is 4. The molecule has 0 spiro atoms. The van der Waals surface area contributed by atoms with Gasteiger partial charge in [-0.25, -0.2) is 9.13 Å². The number of aryl methyl sites for hydroxylation is 1. The van der Waals surface area contributed by atoms with Crippen molar-refractivity contribution in [2.75, 3.05) is 0 Å². The standard InChI is InChI=1S/C17H17Cl2N2.BrH/c1-2-9-20-12-21(17(19)16(20)18)11-13-7-8-14-5-3-4-6-15(14)10-13;/h3-8,10,12H,2,9,11H2,1H3;1H/q+1;/p-1. The molecule has 0 amide bonds. The van der Waals surface area contributed by atoms with Gasteiger partial charge in [-0.2, -0.15) is 0 Å². The van der Waals surface area contributed by atoms with Crippen LogP contribution in [-0.4, -0.2) is 4.57 Å². The first-order valence-electron chi connectivity index (χ1n) is 7.10. The minimum atomic E-state index is 0. The van der Waals surface area contributed by atoms with E-state index in [4.69, 9.17) is 23.2 Å². The average molecular weight is 400 g/mol. The van der Waals surface area contributed by atoms with E-state index in [0.29, 0.717) is 10.3 Å². The molecule has 2 aromatic carbocycles. The summed E-state index contributed by atoms with van der Waals surface area (Å²) in [5.74, 6) is 0. The molecular weight excluding hydrogens is 383 g/mol. The predicted molar refractivity (Wildman–Crippen MR) is 88.0 cm³/mol. The highest BCUT2D eigenvalue weighted by molar-refractivity contribution is 6.39. The van der Waals surface area contributed by atoms with Crippen molar-refractivity contribution in [1.29, 1.82) is 0 Å². The Hall–Kier alpha value is -1.03. The predicted octanol–water partition coefficient (Wildman–Crippen LogP) is 1.70. The van der Waals surface area contributed by atoms with Crippen molar-refractivity contribution in [3.63, 3.8) is 0 Å². The van der Waals surface area contributed by atoms with Gasteiger partial charge in [-0.05, 0) is 52.0 Å². The van der Waals surface area contributed by atoms with Gasteiger partial charge in [0.15, 0.2) is 0 Å². The summed E-state index contributed by atoms with van der Waals surface area (Å²) in [6, 6.07) is 14.8. The van der Waals surface area contributed by atoms with Crippen LogP contribution in [0.15, 0.2) is 48.8 Å². The molecule has 0 aliphatic carbocycles. The topological polar surface area (TPSA) is 8.81 Å². The van der Waals surface area contributed by atoms with Crippen LogP contribution < -0.4 is 21.5 Å². The lowest BCUT2D eigenvalue weighted by Crippen LogP contribution is -3.00. The first-order chi connectivity index (χ1) is 10.2. The van der Waals surface area contributed by atoms with Crippen LogP contribution >= 0.6 is 23.2 Å². The molecule has 0 fully saturated rings. The van der Waals surface area contributed by atoms with E-state index in [2.05, 4.69) is 49.4 Å². The van der Waals surface area contributed by atoms with E-state index < -0.39 is 0 Å². The summed E-state index contributed by atoms with van der Waals surface area (Å²) >= 11 is 12.6. The van der Waals surface area contributed by atoms with Gasteiger partial charge in [-0.3, -0.25) is 0 Å². The number of aromatic nitrogens is 2. The van der Waals surface area contributed by atoms with Crippen LogP contribution in [0.2, 0.25) is 10.3 Å². The monoisotopic (exact) mass is 398 g/mol. The lowest BCUT2D eigenvalue weighted by Gasteiger charge is -2.02. The van der Waals surface area contributed by atoms with Crippen LogP contribution in [0, 0.1) is 0 Å². The van der Waals surface area contributed by atoms with E-state index in [-0.39, 0.29) is 17.0 Å². The van der Waals surface area contributed by atoms with E-state index in [1.165, 1.54) is 16.3 Å². The van der Waals surface area contributed by atoms with Crippen LogP contribution in [0.4, 0.5) is 0 Å². The number of halogens is 3.